The summed E-state index contributed by atoms with van der Waals surface area (Å²) in [7, 11) is 0. The number of hydrogen-bond donors (Lipinski definition) is 12. The van der Waals surface area contributed by atoms with Crippen LogP contribution in [-0.2, 0) is 33.2 Å². The van der Waals surface area contributed by atoms with Gasteiger partial charge in [0, 0.05) is 6.42 Å². The molecule has 440 valence electrons. The number of unbranched alkanes of at least 4 members (excludes halogenated alkanes) is 14. The predicted octanol–water partition coefficient (Wildman–Crippen LogP) is 4.09. The average molecular weight is 1090 g/mol. The van der Waals surface area contributed by atoms with E-state index in [-0.39, 0.29) is 18.9 Å². The first kappa shape index (κ1) is 67.8. The van der Waals surface area contributed by atoms with E-state index in [1.165, 1.54) is 19.3 Å². The van der Waals surface area contributed by atoms with Crippen molar-refractivity contribution < 1.29 is 89.4 Å². The second kappa shape index (κ2) is 40.6. The minimum Gasteiger partial charge on any atom is -0.394 e. The molecule has 12 N–H and O–H groups in total. The highest BCUT2D eigenvalue weighted by atomic mass is 16.8. The number of hydrogen-bond acceptors (Lipinski definition) is 18. The van der Waals surface area contributed by atoms with Crippen molar-refractivity contribution in [3.05, 3.63) is 60.8 Å². The van der Waals surface area contributed by atoms with E-state index in [4.69, 9.17) is 28.4 Å². The zero-order valence-corrected chi connectivity index (χ0v) is 45.5. The molecular weight excluding hydrogens is 987 g/mol. The summed E-state index contributed by atoms with van der Waals surface area (Å²) >= 11 is 0. The highest BCUT2D eigenvalue weighted by Crippen LogP contribution is 2.33. The van der Waals surface area contributed by atoms with E-state index in [1.807, 2.05) is 0 Å². The molecule has 3 heterocycles. The van der Waals surface area contributed by atoms with Gasteiger partial charge in [-0.05, 0) is 57.8 Å². The number of aliphatic hydroxyl groups is 11. The third-order valence-electron chi connectivity index (χ3n) is 14.1. The molecule has 17 atom stereocenters. The number of nitrogens with one attached hydrogen (secondary N) is 1. The van der Waals surface area contributed by atoms with Crippen molar-refractivity contribution in [2.45, 2.75) is 266 Å². The van der Waals surface area contributed by atoms with Gasteiger partial charge in [0.25, 0.3) is 0 Å². The summed E-state index contributed by atoms with van der Waals surface area (Å²) in [6, 6.07) is -0.893. The second-order valence-corrected chi connectivity index (χ2v) is 20.4. The highest BCUT2D eigenvalue weighted by molar-refractivity contribution is 5.76. The number of carbonyl (C=O) groups is 1. The summed E-state index contributed by atoms with van der Waals surface area (Å²) in [5.41, 5.74) is 0. The molecule has 3 rings (SSSR count). The quantitative estimate of drug-likeness (QED) is 0.0304. The molecule has 0 saturated carbocycles. The van der Waals surface area contributed by atoms with Crippen LogP contribution in [0.4, 0.5) is 0 Å². The molecule has 0 aromatic rings. The molecule has 3 saturated heterocycles. The summed E-state index contributed by atoms with van der Waals surface area (Å²) in [4.78, 5) is 13.3. The predicted molar refractivity (Wildman–Crippen MR) is 286 cm³/mol. The summed E-state index contributed by atoms with van der Waals surface area (Å²) in [6.45, 7) is 1.59. The number of allylic oxidation sites excluding steroid dienone is 10. The normalized spacial score (nSPS) is 31.4. The van der Waals surface area contributed by atoms with E-state index in [0.717, 1.165) is 109 Å². The number of amides is 1. The van der Waals surface area contributed by atoms with E-state index in [1.54, 1.807) is 0 Å². The standard InChI is InChI=1S/C57H99NO18/c1-3-5-7-9-11-13-14-15-16-17-18-19-20-21-22-23-24-25-26-27-29-31-33-35-45(63)58-40(41(62)34-32-30-28-12-10-8-6-4-2)39-71-55-51(69)48(66)53(43(37-60)73-55)76-57-52(70)49(67)54(44(38-61)74-57)75-56-50(68)47(65)46(64)42(36-59)72-56/h5,7,11,13,15-16,18-19,21-22,40-44,46-57,59-62,64-70H,3-4,6,8-10,12,14,17,20,23-39H2,1-2H3,(H,58,63)/b7-5-,13-11-,16-15-,19-18-,22-21-. The Hall–Kier alpha value is -2.51. The molecule has 0 aliphatic carbocycles. The van der Waals surface area contributed by atoms with Crippen molar-refractivity contribution in [1.29, 1.82) is 0 Å². The highest BCUT2D eigenvalue weighted by Gasteiger charge is 2.53. The summed E-state index contributed by atoms with van der Waals surface area (Å²) in [6.07, 6.45) is 17.7. The number of carbonyl (C=O) groups excluding carboxylic acids is 1. The van der Waals surface area contributed by atoms with Gasteiger partial charge in [-0.2, -0.15) is 0 Å². The van der Waals surface area contributed by atoms with Crippen LogP contribution in [0.15, 0.2) is 60.8 Å². The van der Waals surface area contributed by atoms with Crippen molar-refractivity contribution in [2.24, 2.45) is 0 Å². The van der Waals surface area contributed by atoms with Crippen molar-refractivity contribution in [3.8, 4) is 0 Å². The number of rotatable bonds is 40. The van der Waals surface area contributed by atoms with Crippen molar-refractivity contribution in [2.75, 3.05) is 26.4 Å². The lowest BCUT2D eigenvalue weighted by atomic mass is 9.96. The van der Waals surface area contributed by atoms with Gasteiger partial charge in [0.05, 0.1) is 38.6 Å². The van der Waals surface area contributed by atoms with Crippen LogP contribution in [-0.4, -0.2) is 193 Å². The van der Waals surface area contributed by atoms with Crippen LogP contribution >= 0.6 is 0 Å². The van der Waals surface area contributed by atoms with E-state index >= 15 is 0 Å². The summed E-state index contributed by atoms with van der Waals surface area (Å²) in [5.74, 6) is -0.261. The molecule has 0 spiro atoms. The molecule has 3 aliphatic heterocycles. The lowest BCUT2D eigenvalue weighted by Gasteiger charge is -2.48. The van der Waals surface area contributed by atoms with Gasteiger partial charge >= 0.3 is 0 Å². The largest absolute Gasteiger partial charge is 0.394 e. The zero-order chi connectivity index (χ0) is 55.5. The molecule has 19 heteroatoms. The smallest absolute Gasteiger partial charge is 0.220 e. The Kier molecular flexibility index (Phi) is 36.2. The van der Waals surface area contributed by atoms with E-state index in [9.17, 15) is 61.0 Å². The van der Waals surface area contributed by atoms with Gasteiger partial charge in [-0.25, -0.2) is 0 Å². The molecular formula is C57H99NO18. The van der Waals surface area contributed by atoms with Gasteiger partial charge in [0.2, 0.25) is 5.91 Å². The molecule has 19 nitrogen and oxygen atoms in total. The van der Waals surface area contributed by atoms with Crippen LogP contribution in [0.5, 0.6) is 0 Å². The Balaban J connectivity index is 1.45. The van der Waals surface area contributed by atoms with E-state index < -0.39 is 124 Å². The maximum absolute atomic E-state index is 13.3. The van der Waals surface area contributed by atoms with Gasteiger partial charge in [-0.15, -0.1) is 0 Å². The van der Waals surface area contributed by atoms with Crippen LogP contribution in [0, 0.1) is 0 Å². The van der Waals surface area contributed by atoms with Crippen LogP contribution in [0.2, 0.25) is 0 Å². The van der Waals surface area contributed by atoms with E-state index in [2.05, 4.69) is 79.9 Å². The maximum atomic E-state index is 13.3. The third kappa shape index (κ3) is 24.9. The van der Waals surface area contributed by atoms with Gasteiger partial charge < -0.3 is 89.9 Å². The van der Waals surface area contributed by atoms with Crippen LogP contribution in [0.25, 0.3) is 0 Å². The Morgan fingerprint density at radius 3 is 1.42 bits per heavy atom. The lowest BCUT2D eigenvalue weighted by Crippen LogP contribution is -2.66. The second-order valence-electron chi connectivity index (χ2n) is 20.4. The van der Waals surface area contributed by atoms with E-state index in [0.29, 0.717) is 12.8 Å². The molecule has 1 amide bonds. The topological polar surface area (TPSA) is 307 Å². The fraction of sp³-hybridized carbons (Fsp3) is 0.807. The Labute approximate surface area is 452 Å². The van der Waals surface area contributed by atoms with Crippen molar-refractivity contribution in [3.63, 3.8) is 0 Å². The van der Waals surface area contributed by atoms with Crippen LogP contribution in [0.3, 0.4) is 0 Å². The Morgan fingerprint density at radius 2 is 0.908 bits per heavy atom. The summed E-state index contributed by atoms with van der Waals surface area (Å²) < 4.78 is 34.2. The molecule has 3 fully saturated rings. The average Bonchev–Trinajstić information content (AvgIpc) is 3.42. The first-order chi connectivity index (χ1) is 36.8. The SMILES string of the molecule is CC/C=C\C/C=C\C/C=C\C/C=C\C/C=C\CCCCCCCCCC(=O)NC(COC1OC(CO)C(OC2OC(CO)C(OC3OC(CO)C(O)C(O)C3O)C(O)C2O)C(O)C1O)C(O)CCCCCCCCCC. The first-order valence-electron chi connectivity index (χ1n) is 28.5. The Morgan fingerprint density at radius 1 is 0.487 bits per heavy atom. The molecule has 0 bridgehead atoms. The third-order valence-corrected chi connectivity index (χ3v) is 14.1. The minimum absolute atomic E-state index is 0.249. The Bertz CT molecular complexity index is 1630. The molecule has 17 unspecified atom stereocenters. The molecule has 0 radical (unpaired) electrons. The first-order valence-corrected chi connectivity index (χ1v) is 28.5. The van der Waals surface area contributed by atoms with Gasteiger partial charge in [-0.1, -0.05) is 158 Å². The van der Waals surface area contributed by atoms with Crippen LogP contribution < -0.4 is 5.32 Å². The van der Waals surface area contributed by atoms with Gasteiger partial charge in [0.15, 0.2) is 18.9 Å². The fourth-order valence-corrected chi connectivity index (χ4v) is 9.40. The van der Waals surface area contributed by atoms with Crippen LogP contribution in [0.1, 0.15) is 162 Å². The molecule has 76 heavy (non-hydrogen) atoms. The molecule has 0 aromatic carbocycles. The maximum Gasteiger partial charge on any atom is 0.220 e. The lowest BCUT2D eigenvalue weighted by molar-refractivity contribution is -0.379. The monoisotopic (exact) mass is 1090 g/mol. The van der Waals surface area contributed by atoms with Crippen molar-refractivity contribution in [1.82, 2.24) is 5.32 Å². The summed E-state index contributed by atoms with van der Waals surface area (Å²) in [5, 5.41) is 120. The minimum atomic E-state index is -1.97. The zero-order valence-electron chi connectivity index (χ0n) is 45.5. The van der Waals surface area contributed by atoms with Gasteiger partial charge in [0.1, 0.15) is 73.2 Å². The number of ether oxygens (including phenoxy) is 6. The molecule has 0 aromatic heterocycles. The molecule has 3 aliphatic rings. The number of aliphatic hydroxyl groups excluding tert-OH is 11. The van der Waals surface area contributed by atoms with Gasteiger partial charge in [-0.3, -0.25) is 4.79 Å². The van der Waals surface area contributed by atoms with Crippen molar-refractivity contribution >= 4 is 5.91 Å². The fourth-order valence-electron chi connectivity index (χ4n) is 9.40.